The number of anilines is 1. The van der Waals surface area contributed by atoms with Crippen molar-refractivity contribution >= 4 is 45.9 Å². The third-order valence-electron chi connectivity index (χ3n) is 4.06. The van der Waals surface area contributed by atoms with E-state index in [1.54, 1.807) is 11.3 Å². The Hall–Kier alpha value is -1.81. The summed E-state index contributed by atoms with van der Waals surface area (Å²) < 4.78 is 0. The molecule has 3 aromatic rings. The maximum Gasteiger partial charge on any atom is 0.0832 e. The fourth-order valence-electron chi connectivity index (χ4n) is 2.88. The molecule has 0 unspecified atom stereocenters. The smallest absolute Gasteiger partial charge is 0.0832 e. The van der Waals surface area contributed by atoms with Gasteiger partial charge in [0.05, 0.1) is 22.3 Å². The molecule has 1 aliphatic heterocycles. The number of rotatable bonds is 3. The number of hydrogen-bond donors (Lipinski definition) is 0. The number of halogens is 2. The summed E-state index contributed by atoms with van der Waals surface area (Å²) in [5.74, 6) is 0. The van der Waals surface area contributed by atoms with E-state index < -0.39 is 0 Å². The first-order valence-electron chi connectivity index (χ1n) is 7.62. The zero-order valence-electron chi connectivity index (χ0n) is 12.7. The highest BCUT2D eigenvalue weighted by molar-refractivity contribution is 7.12. The van der Waals surface area contributed by atoms with Gasteiger partial charge in [0, 0.05) is 16.5 Å². The molecule has 24 heavy (non-hydrogen) atoms. The van der Waals surface area contributed by atoms with E-state index >= 15 is 0 Å². The van der Waals surface area contributed by atoms with Gasteiger partial charge in [-0.25, -0.2) is 0 Å². The topological polar surface area (TPSA) is 15.6 Å². The van der Waals surface area contributed by atoms with Crippen LogP contribution in [0.15, 0.2) is 71.1 Å². The molecule has 4 rings (SSSR count). The molecule has 5 heteroatoms. The van der Waals surface area contributed by atoms with Crippen molar-refractivity contribution < 1.29 is 0 Å². The lowest BCUT2D eigenvalue weighted by Crippen LogP contribution is -2.18. The van der Waals surface area contributed by atoms with E-state index in [0.717, 1.165) is 27.9 Å². The van der Waals surface area contributed by atoms with Gasteiger partial charge in [0.25, 0.3) is 0 Å². The molecule has 0 radical (unpaired) electrons. The lowest BCUT2D eigenvalue weighted by Gasteiger charge is -2.24. The number of hydrazone groups is 1. The van der Waals surface area contributed by atoms with Gasteiger partial charge in [-0.15, -0.1) is 11.3 Å². The van der Waals surface area contributed by atoms with Crippen molar-refractivity contribution in [2.24, 2.45) is 5.10 Å². The zero-order chi connectivity index (χ0) is 16.5. The third-order valence-corrected chi connectivity index (χ3v) is 5.48. The second-order valence-corrected chi connectivity index (χ2v) is 7.44. The van der Waals surface area contributed by atoms with E-state index in [0.29, 0.717) is 0 Å². The van der Waals surface area contributed by atoms with Crippen molar-refractivity contribution in [1.82, 2.24) is 0 Å². The van der Waals surface area contributed by atoms with Crippen LogP contribution in [0.2, 0.25) is 10.0 Å². The Morgan fingerprint density at radius 1 is 0.917 bits per heavy atom. The van der Waals surface area contributed by atoms with Gasteiger partial charge in [-0.3, -0.25) is 5.01 Å². The van der Waals surface area contributed by atoms with Gasteiger partial charge in [0.1, 0.15) is 0 Å². The van der Waals surface area contributed by atoms with Gasteiger partial charge in [0.2, 0.25) is 0 Å². The molecule has 0 fully saturated rings. The monoisotopic (exact) mass is 372 g/mol. The first-order chi connectivity index (χ1) is 11.7. The van der Waals surface area contributed by atoms with Gasteiger partial charge in [0.15, 0.2) is 0 Å². The Balaban J connectivity index is 1.74. The van der Waals surface area contributed by atoms with Crippen LogP contribution in [0, 0.1) is 0 Å². The van der Waals surface area contributed by atoms with E-state index in [9.17, 15) is 0 Å². The minimum Gasteiger partial charge on any atom is -0.257 e. The third kappa shape index (κ3) is 3.07. The summed E-state index contributed by atoms with van der Waals surface area (Å²) in [5, 5.41) is 10.5. The molecular weight excluding hydrogens is 359 g/mol. The Bertz CT molecular complexity index is 855. The molecule has 120 valence electrons. The van der Waals surface area contributed by atoms with Crippen molar-refractivity contribution in [2.45, 2.75) is 12.5 Å². The van der Waals surface area contributed by atoms with Gasteiger partial charge in [-0.1, -0.05) is 41.4 Å². The van der Waals surface area contributed by atoms with Gasteiger partial charge >= 0.3 is 0 Å². The number of hydrogen-bond acceptors (Lipinski definition) is 3. The Morgan fingerprint density at radius 3 is 2.21 bits per heavy atom. The zero-order valence-corrected chi connectivity index (χ0v) is 15.0. The SMILES string of the molecule is Clc1ccc([C@H]2CC(c3cccs3)=NN2c2ccc(Cl)cc2)cc1. The lowest BCUT2D eigenvalue weighted by molar-refractivity contribution is 0.709. The minimum absolute atomic E-state index is 0.153. The quantitative estimate of drug-likeness (QED) is 0.518. The maximum atomic E-state index is 6.04. The van der Waals surface area contributed by atoms with E-state index in [2.05, 4.69) is 34.7 Å². The summed E-state index contributed by atoms with van der Waals surface area (Å²) in [6, 6.07) is 20.1. The van der Waals surface area contributed by atoms with Crippen LogP contribution in [0.4, 0.5) is 5.69 Å². The standard InChI is InChI=1S/C19H14Cl2N2S/c20-14-5-3-13(4-6-14)18-12-17(19-2-1-11-24-19)22-23(18)16-9-7-15(21)8-10-16/h1-11,18H,12H2/t18-/m1/s1. The van der Waals surface area contributed by atoms with Crippen LogP contribution < -0.4 is 5.01 Å². The minimum atomic E-state index is 0.153. The largest absolute Gasteiger partial charge is 0.257 e. The first-order valence-corrected chi connectivity index (χ1v) is 9.26. The number of thiophene rings is 1. The van der Waals surface area contributed by atoms with Crippen LogP contribution in [-0.2, 0) is 0 Å². The maximum absolute atomic E-state index is 6.04. The number of nitrogens with zero attached hydrogens (tertiary/aromatic N) is 2. The Labute approximate surface area is 155 Å². The average molecular weight is 373 g/mol. The summed E-state index contributed by atoms with van der Waals surface area (Å²) in [6.45, 7) is 0. The average Bonchev–Trinajstić information content (AvgIpc) is 3.26. The van der Waals surface area contributed by atoms with Crippen LogP contribution in [0.5, 0.6) is 0 Å². The van der Waals surface area contributed by atoms with Crippen molar-refractivity contribution in [1.29, 1.82) is 0 Å². The molecule has 0 saturated carbocycles. The van der Waals surface area contributed by atoms with Gasteiger partial charge < -0.3 is 0 Å². The fourth-order valence-corrected chi connectivity index (χ4v) is 3.85. The summed E-state index contributed by atoms with van der Waals surface area (Å²) in [7, 11) is 0. The molecule has 0 amide bonds. The van der Waals surface area contributed by atoms with Crippen molar-refractivity contribution in [3.63, 3.8) is 0 Å². The first kappa shape index (κ1) is 15.7. The predicted molar refractivity (Wildman–Crippen MR) is 104 cm³/mol. The molecule has 2 heterocycles. The summed E-state index contributed by atoms with van der Waals surface area (Å²) in [5.41, 5.74) is 3.34. The lowest BCUT2D eigenvalue weighted by atomic mass is 10.0. The molecule has 2 nitrogen and oxygen atoms in total. The normalized spacial score (nSPS) is 17.2. The predicted octanol–water partition coefficient (Wildman–Crippen LogP) is 6.41. The highest BCUT2D eigenvalue weighted by Crippen LogP contribution is 2.37. The van der Waals surface area contributed by atoms with Crippen LogP contribution in [0.1, 0.15) is 22.9 Å². The van der Waals surface area contributed by atoms with E-state index in [1.807, 2.05) is 36.4 Å². The summed E-state index contributed by atoms with van der Waals surface area (Å²) >= 11 is 13.8. The van der Waals surface area contributed by atoms with E-state index in [4.69, 9.17) is 28.3 Å². The van der Waals surface area contributed by atoms with Crippen molar-refractivity contribution in [2.75, 3.05) is 5.01 Å². The molecule has 1 aromatic heterocycles. The molecule has 2 aromatic carbocycles. The molecule has 1 atom stereocenters. The molecular formula is C19H14Cl2N2S. The Morgan fingerprint density at radius 2 is 1.58 bits per heavy atom. The van der Waals surface area contributed by atoms with Crippen molar-refractivity contribution in [3.05, 3.63) is 86.5 Å². The second-order valence-electron chi connectivity index (χ2n) is 5.62. The summed E-state index contributed by atoms with van der Waals surface area (Å²) in [4.78, 5) is 1.21. The van der Waals surface area contributed by atoms with E-state index in [1.165, 1.54) is 10.4 Å². The fraction of sp³-hybridized carbons (Fsp3) is 0.105. The van der Waals surface area contributed by atoms with E-state index in [-0.39, 0.29) is 6.04 Å². The molecule has 1 aliphatic rings. The Kier molecular flexibility index (Phi) is 4.31. The molecule has 0 aliphatic carbocycles. The molecule has 0 saturated heterocycles. The number of benzene rings is 2. The van der Waals surface area contributed by atoms with Crippen molar-refractivity contribution in [3.8, 4) is 0 Å². The van der Waals surface area contributed by atoms with Gasteiger partial charge in [-0.05, 0) is 53.4 Å². The molecule has 0 bridgehead atoms. The highest BCUT2D eigenvalue weighted by Gasteiger charge is 2.30. The highest BCUT2D eigenvalue weighted by atomic mass is 35.5. The van der Waals surface area contributed by atoms with Crippen LogP contribution in [0.25, 0.3) is 0 Å². The van der Waals surface area contributed by atoms with Crippen LogP contribution >= 0.6 is 34.5 Å². The van der Waals surface area contributed by atoms with Gasteiger partial charge in [-0.2, -0.15) is 5.10 Å². The molecule has 0 N–H and O–H groups in total. The summed E-state index contributed by atoms with van der Waals surface area (Å²) in [6.07, 6.45) is 0.866. The van der Waals surface area contributed by atoms with Crippen LogP contribution in [0.3, 0.4) is 0 Å². The second kappa shape index (κ2) is 6.60. The molecule has 0 spiro atoms. The van der Waals surface area contributed by atoms with Crippen LogP contribution in [-0.4, -0.2) is 5.71 Å².